The lowest BCUT2D eigenvalue weighted by atomic mass is 9.83. The number of hydrogen-bond donors (Lipinski definition) is 1. The van der Waals surface area contributed by atoms with Gasteiger partial charge in [0.1, 0.15) is 0 Å². The van der Waals surface area contributed by atoms with Crippen LogP contribution in [-0.4, -0.2) is 64.9 Å². The Morgan fingerprint density at radius 1 is 1.00 bits per heavy atom. The van der Waals surface area contributed by atoms with Crippen LogP contribution in [0, 0.1) is 11.8 Å². The van der Waals surface area contributed by atoms with Crippen LogP contribution in [0.1, 0.15) is 63.0 Å². The van der Waals surface area contributed by atoms with E-state index in [1.165, 1.54) is 45.2 Å². The smallest absolute Gasteiger partial charge is 0.250 e. The van der Waals surface area contributed by atoms with Crippen molar-refractivity contribution < 1.29 is 9.59 Å². The van der Waals surface area contributed by atoms with Crippen LogP contribution >= 0.6 is 0 Å². The van der Waals surface area contributed by atoms with Gasteiger partial charge in [-0.05, 0) is 63.1 Å². The van der Waals surface area contributed by atoms with E-state index >= 15 is 0 Å². The van der Waals surface area contributed by atoms with Crippen LogP contribution in [0.25, 0.3) is 0 Å². The third kappa shape index (κ3) is 4.49. The number of aromatic nitrogens is 1. The molecule has 1 N–H and O–H groups in total. The Balaban J connectivity index is 1.10. The first-order chi connectivity index (χ1) is 15.6. The van der Waals surface area contributed by atoms with E-state index in [2.05, 4.69) is 10.2 Å². The van der Waals surface area contributed by atoms with Gasteiger partial charge in [0.05, 0.1) is 0 Å². The van der Waals surface area contributed by atoms with Gasteiger partial charge in [0.2, 0.25) is 11.8 Å². The molecule has 0 saturated carbocycles. The summed E-state index contributed by atoms with van der Waals surface area (Å²) in [5, 5.41) is 3.13. The molecule has 2 amide bonds. The largest absolute Gasteiger partial charge is 0.356 e. The summed E-state index contributed by atoms with van der Waals surface area (Å²) in [5.41, 5.74) is 1.11. The summed E-state index contributed by atoms with van der Waals surface area (Å²) < 4.78 is 1.88. The average Bonchev–Trinajstić information content (AvgIpc) is 2.81. The maximum atomic E-state index is 12.9. The van der Waals surface area contributed by atoms with Crippen LogP contribution in [0.15, 0.2) is 23.0 Å². The molecule has 0 aliphatic carbocycles. The van der Waals surface area contributed by atoms with Gasteiger partial charge in [0.15, 0.2) is 0 Å². The highest BCUT2D eigenvalue weighted by Gasteiger charge is 2.36. The summed E-state index contributed by atoms with van der Waals surface area (Å²) in [6.45, 7) is 5.20. The zero-order chi connectivity index (χ0) is 22.1. The van der Waals surface area contributed by atoms with E-state index in [0.29, 0.717) is 37.5 Å². The van der Waals surface area contributed by atoms with E-state index in [4.69, 9.17) is 0 Å². The summed E-state index contributed by atoms with van der Waals surface area (Å²) in [7, 11) is 0. The van der Waals surface area contributed by atoms with Gasteiger partial charge in [0, 0.05) is 62.7 Å². The van der Waals surface area contributed by atoms with Crippen molar-refractivity contribution in [2.45, 2.75) is 69.9 Å². The lowest BCUT2D eigenvalue weighted by Gasteiger charge is -2.44. The molecule has 7 heteroatoms. The van der Waals surface area contributed by atoms with E-state index in [9.17, 15) is 14.4 Å². The highest BCUT2D eigenvalue weighted by molar-refractivity contribution is 5.83. The number of amides is 2. The molecule has 5 heterocycles. The number of fused-ring (bicyclic) bond motifs is 5. The van der Waals surface area contributed by atoms with E-state index in [0.717, 1.165) is 18.7 Å². The summed E-state index contributed by atoms with van der Waals surface area (Å²) in [6.07, 6.45) is 7.85. The Bertz CT molecular complexity index is 911. The van der Waals surface area contributed by atoms with E-state index in [-0.39, 0.29) is 36.1 Å². The lowest BCUT2D eigenvalue weighted by molar-refractivity contribution is -0.136. The summed E-state index contributed by atoms with van der Waals surface area (Å²) in [4.78, 5) is 42.1. The Kier molecular flexibility index (Phi) is 6.35. The fourth-order valence-electron chi connectivity index (χ4n) is 6.63. The molecule has 0 unspecified atom stereocenters. The number of rotatable bonds is 5. The summed E-state index contributed by atoms with van der Waals surface area (Å²) in [5.74, 6) is 1.16. The molecule has 4 aliphatic heterocycles. The highest BCUT2D eigenvalue weighted by Crippen LogP contribution is 2.35. The second-order valence-electron chi connectivity index (χ2n) is 10.3. The van der Waals surface area contributed by atoms with Gasteiger partial charge in [-0.15, -0.1) is 0 Å². The molecule has 5 rings (SSSR count). The summed E-state index contributed by atoms with van der Waals surface area (Å²) >= 11 is 0. The maximum Gasteiger partial charge on any atom is 0.250 e. The standard InChI is InChI=1S/C25H36N4O3/c30-23(26-14-19-5-4-12-27-11-2-1-6-21(19)27)9-10-24(31)28-15-18-13-20(17-28)22-7-3-8-25(32)29(22)16-18/h3,7-8,18-21H,1-2,4-6,9-17H2,(H,26,30)/t18-,19+,20+,21+/m0/s1. The van der Waals surface area contributed by atoms with Crippen molar-refractivity contribution in [3.05, 3.63) is 34.2 Å². The van der Waals surface area contributed by atoms with Gasteiger partial charge in [-0.2, -0.15) is 0 Å². The fourth-order valence-corrected chi connectivity index (χ4v) is 6.63. The Morgan fingerprint density at radius 2 is 1.88 bits per heavy atom. The van der Waals surface area contributed by atoms with E-state index in [1.807, 2.05) is 21.6 Å². The maximum absolute atomic E-state index is 12.9. The second kappa shape index (κ2) is 9.38. The average molecular weight is 441 g/mol. The molecule has 3 saturated heterocycles. The molecule has 174 valence electrons. The number of likely N-dealkylation sites (tertiary alicyclic amines) is 1. The molecule has 0 aromatic carbocycles. The zero-order valence-corrected chi connectivity index (χ0v) is 19.0. The van der Waals surface area contributed by atoms with E-state index in [1.54, 1.807) is 6.07 Å². The van der Waals surface area contributed by atoms with Gasteiger partial charge < -0.3 is 19.7 Å². The van der Waals surface area contributed by atoms with Crippen molar-refractivity contribution in [1.82, 2.24) is 19.7 Å². The Morgan fingerprint density at radius 3 is 2.78 bits per heavy atom. The number of nitrogens with zero attached hydrogens (tertiary/aromatic N) is 3. The first-order valence-electron chi connectivity index (χ1n) is 12.6. The second-order valence-corrected chi connectivity index (χ2v) is 10.3. The quantitative estimate of drug-likeness (QED) is 0.760. The van der Waals surface area contributed by atoms with Gasteiger partial charge in [-0.25, -0.2) is 0 Å². The third-order valence-corrected chi connectivity index (χ3v) is 8.19. The SMILES string of the molecule is O=C(CCC(=O)N1C[C@@H]2C[C@H](C1)c1cccc(=O)n1C2)NC[C@H]1CCCN2CCCC[C@H]12. The Hall–Kier alpha value is -2.15. The number of carbonyl (C=O) groups excluding carboxylic acids is 2. The molecule has 7 nitrogen and oxygen atoms in total. The van der Waals surface area contributed by atoms with E-state index < -0.39 is 0 Å². The van der Waals surface area contributed by atoms with Crippen LogP contribution in [0.2, 0.25) is 0 Å². The number of carbonyl (C=O) groups is 2. The number of nitrogens with one attached hydrogen (secondary N) is 1. The molecule has 3 fully saturated rings. The lowest BCUT2D eigenvalue weighted by Crippen LogP contribution is -2.51. The van der Waals surface area contributed by atoms with Crippen LogP contribution < -0.4 is 10.9 Å². The van der Waals surface area contributed by atoms with Crippen molar-refractivity contribution >= 4 is 11.8 Å². The predicted molar refractivity (Wildman–Crippen MR) is 122 cm³/mol. The molecule has 1 aromatic rings. The van der Waals surface area contributed by atoms with Crippen LogP contribution in [0.4, 0.5) is 0 Å². The van der Waals surface area contributed by atoms with Gasteiger partial charge in [0.25, 0.3) is 5.56 Å². The van der Waals surface area contributed by atoms with Crippen molar-refractivity contribution in [3.8, 4) is 0 Å². The normalized spacial score (nSPS) is 29.7. The van der Waals surface area contributed by atoms with Gasteiger partial charge in [-0.3, -0.25) is 14.4 Å². The number of pyridine rings is 1. The molecular formula is C25H36N4O3. The molecular weight excluding hydrogens is 404 g/mol. The van der Waals surface area contributed by atoms with Gasteiger partial charge in [-0.1, -0.05) is 12.5 Å². The predicted octanol–water partition coefficient (Wildman–Crippen LogP) is 1.95. The minimum absolute atomic E-state index is 0.000356. The molecule has 0 spiro atoms. The zero-order valence-electron chi connectivity index (χ0n) is 19.0. The molecule has 0 radical (unpaired) electrons. The van der Waals surface area contributed by atoms with Crippen molar-refractivity contribution in [2.75, 3.05) is 32.7 Å². The minimum atomic E-state index is 0.000356. The summed E-state index contributed by atoms with van der Waals surface area (Å²) in [6, 6.07) is 6.08. The van der Waals surface area contributed by atoms with Crippen LogP contribution in [0.3, 0.4) is 0 Å². The monoisotopic (exact) mass is 440 g/mol. The molecule has 2 bridgehead atoms. The first kappa shape index (κ1) is 21.7. The third-order valence-electron chi connectivity index (χ3n) is 8.19. The highest BCUT2D eigenvalue weighted by atomic mass is 16.2. The first-order valence-corrected chi connectivity index (χ1v) is 12.6. The topological polar surface area (TPSA) is 74.6 Å². The molecule has 1 aromatic heterocycles. The van der Waals surface area contributed by atoms with Crippen molar-refractivity contribution in [1.29, 1.82) is 0 Å². The Labute approximate surface area is 190 Å². The van der Waals surface area contributed by atoms with Crippen molar-refractivity contribution in [3.63, 3.8) is 0 Å². The number of hydrogen-bond acceptors (Lipinski definition) is 4. The fraction of sp³-hybridized carbons (Fsp3) is 0.720. The molecule has 32 heavy (non-hydrogen) atoms. The minimum Gasteiger partial charge on any atom is -0.356 e. The molecule has 4 atom stereocenters. The number of piperidine rings is 3. The van der Waals surface area contributed by atoms with Crippen LogP contribution in [0.5, 0.6) is 0 Å². The van der Waals surface area contributed by atoms with Crippen molar-refractivity contribution in [2.24, 2.45) is 11.8 Å². The molecule has 4 aliphatic rings. The van der Waals surface area contributed by atoms with Crippen LogP contribution in [-0.2, 0) is 16.1 Å². The van der Waals surface area contributed by atoms with Gasteiger partial charge >= 0.3 is 0 Å².